The number of methoxy groups -OCH3 is 2. The lowest BCUT2D eigenvalue weighted by Crippen LogP contribution is -2.04. The molecule has 1 aliphatic carbocycles. The standard InChI is InChI=1S/C14H11N5O3/c1-6-16-17-14-15-12-11(18-19(6)14)7-4-9(21-2)10(22-3)5-8(7)13(12)20/h4-5H,1-3H3. The monoisotopic (exact) mass is 297 g/mol. The van der Waals surface area contributed by atoms with Crippen LogP contribution in [0.2, 0.25) is 0 Å². The smallest absolute Gasteiger partial charge is 0.272 e. The third-order valence-electron chi connectivity index (χ3n) is 3.65. The molecule has 110 valence electrons. The van der Waals surface area contributed by atoms with Crippen LogP contribution >= 0.6 is 0 Å². The van der Waals surface area contributed by atoms with Gasteiger partial charge in [-0.25, -0.2) is 4.98 Å². The van der Waals surface area contributed by atoms with Crippen LogP contribution in [-0.4, -0.2) is 44.8 Å². The summed E-state index contributed by atoms with van der Waals surface area (Å²) < 4.78 is 12.0. The van der Waals surface area contributed by atoms with E-state index in [0.717, 1.165) is 0 Å². The molecular formula is C14H11N5O3. The fourth-order valence-electron chi connectivity index (χ4n) is 2.56. The van der Waals surface area contributed by atoms with Gasteiger partial charge >= 0.3 is 0 Å². The van der Waals surface area contributed by atoms with E-state index in [9.17, 15) is 4.79 Å². The summed E-state index contributed by atoms with van der Waals surface area (Å²) in [6.45, 7) is 1.77. The second-order valence-electron chi connectivity index (χ2n) is 4.85. The summed E-state index contributed by atoms with van der Waals surface area (Å²) >= 11 is 0. The first kappa shape index (κ1) is 12.7. The highest BCUT2D eigenvalue weighted by atomic mass is 16.5. The van der Waals surface area contributed by atoms with Gasteiger partial charge in [0.05, 0.1) is 14.2 Å². The topological polar surface area (TPSA) is 91.5 Å². The van der Waals surface area contributed by atoms with E-state index in [1.807, 2.05) is 0 Å². The zero-order valence-electron chi connectivity index (χ0n) is 12.1. The second kappa shape index (κ2) is 4.23. The molecule has 3 aromatic rings. The minimum absolute atomic E-state index is 0.207. The van der Waals surface area contributed by atoms with Gasteiger partial charge in [0.2, 0.25) is 5.78 Å². The quantitative estimate of drug-likeness (QED) is 0.546. The number of rotatable bonds is 2. The summed E-state index contributed by atoms with van der Waals surface area (Å²) in [6.07, 6.45) is 0. The Morgan fingerprint density at radius 3 is 2.36 bits per heavy atom. The molecule has 0 saturated heterocycles. The summed E-state index contributed by atoms with van der Waals surface area (Å²) in [4.78, 5) is 16.8. The minimum atomic E-state index is -0.207. The normalized spacial score (nSPS) is 12.4. The van der Waals surface area contributed by atoms with Crippen molar-refractivity contribution in [2.45, 2.75) is 6.92 Å². The van der Waals surface area contributed by atoms with Gasteiger partial charge in [-0.15, -0.1) is 10.2 Å². The number of ether oxygens (including phenoxy) is 2. The molecule has 8 heteroatoms. The molecule has 0 unspecified atom stereocenters. The molecule has 0 N–H and O–H groups in total. The highest BCUT2D eigenvalue weighted by molar-refractivity contribution is 6.20. The number of ketones is 1. The van der Waals surface area contributed by atoms with Crippen LogP contribution in [0.15, 0.2) is 12.1 Å². The van der Waals surface area contributed by atoms with Crippen molar-refractivity contribution in [3.8, 4) is 22.8 Å². The highest BCUT2D eigenvalue weighted by Crippen LogP contribution is 2.41. The summed E-state index contributed by atoms with van der Waals surface area (Å²) in [7, 11) is 3.07. The lowest BCUT2D eigenvalue weighted by molar-refractivity contribution is 0.103. The van der Waals surface area contributed by atoms with E-state index in [2.05, 4.69) is 20.3 Å². The number of carbonyl (C=O) groups is 1. The second-order valence-corrected chi connectivity index (χ2v) is 4.85. The number of carbonyl (C=O) groups excluding carboxylic acids is 1. The van der Waals surface area contributed by atoms with Gasteiger partial charge in [-0.05, 0) is 19.1 Å². The first-order chi connectivity index (χ1) is 10.6. The molecule has 0 bridgehead atoms. The van der Waals surface area contributed by atoms with Crippen molar-refractivity contribution in [3.63, 3.8) is 0 Å². The number of hydrogen-bond acceptors (Lipinski definition) is 7. The van der Waals surface area contributed by atoms with Gasteiger partial charge in [0.25, 0.3) is 5.78 Å². The number of aryl methyl sites for hydroxylation is 1. The molecular weight excluding hydrogens is 286 g/mol. The Hall–Kier alpha value is -3.03. The summed E-state index contributed by atoms with van der Waals surface area (Å²) in [5.41, 5.74) is 1.92. The van der Waals surface area contributed by atoms with Gasteiger partial charge in [0, 0.05) is 11.1 Å². The molecule has 2 heterocycles. The molecule has 0 atom stereocenters. The van der Waals surface area contributed by atoms with Crippen molar-refractivity contribution in [1.82, 2.24) is 24.8 Å². The Labute approximate surface area is 124 Å². The van der Waals surface area contributed by atoms with E-state index in [0.29, 0.717) is 39.9 Å². The van der Waals surface area contributed by atoms with Crippen molar-refractivity contribution in [2.75, 3.05) is 14.2 Å². The number of hydrogen-bond donors (Lipinski definition) is 0. The van der Waals surface area contributed by atoms with Gasteiger partial charge in [-0.3, -0.25) is 4.79 Å². The molecule has 1 aromatic carbocycles. The fraction of sp³-hybridized carbons (Fsp3) is 0.214. The Bertz CT molecular complexity index is 947. The van der Waals surface area contributed by atoms with Gasteiger partial charge in [-0.2, -0.15) is 9.61 Å². The Morgan fingerprint density at radius 1 is 1.00 bits per heavy atom. The molecule has 1 aliphatic rings. The third-order valence-corrected chi connectivity index (χ3v) is 3.65. The molecule has 0 aliphatic heterocycles. The van der Waals surface area contributed by atoms with Crippen molar-refractivity contribution in [1.29, 1.82) is 0 Å². The predicted octanol–water partition coefficient (Wildman–Crippen LogP) is 1.06. The zero-order chi connectivity index (χ0) is 15.4. The van der Waals surface area contributed by atoms with Crippen LogP contribution in [0.5, 0.6) is 11.5 Å². The van der Waals surface area contributed by atoms with Crippen LogP contribution in [-0.2, 0) is 0 Å². The number of benzene rings is 1. The third kappa shape index (κ3) is 1.49. The molecule has 0 saturated carbocycles. The fourth-order valence-corrected chi connectivity index (χ4v) is 2.56. The maximum Gasteiger partial charge on any atom is 0.272 e. The average molecular weight is 297 g/mol. The van der Waals surface area contributed by atoms with Gasteiger partial charge in [0.15, 0.2) is 17.3 Å². The molecule has 22 heavy (non-hydrogen) atoms. The van der Waals surface area contributed by atoms with E-state index in [1.165, 1.54) is 11.6 Å². The van der Waals surface area contributed by atoms with Crippen LogP contribution in [0.1, 0.15) is 21.9 Å². The van der Waals surface area contributed by atoms with E-state index in [-0.39, 0.29) is 11.5 Å². The van der Waals surface area contributed by atoms with Crippen LogP contribution in [0.3, 0.4) is 0 Å². The van der Waals surface area contributed by atoms with E-state index < -0.39 is 0 Å². The highest BCUT2D eigenvalue weighted by Gasteiger charge is 2.33. The van der Waals surface area contributed by atoms with Crippen LogP contribution in [0.4, 0.5) is 0 Å². The molecule has 0 amide bonds. The summed E-state index contributed by atoms with van der Waals surface area (Å²) in [5, 5.41) is 12.3. The Balaban J connectivity index is 2.04. The minimum Gasteiger partial charge on any atom is -0.493 e. The average Bonchev–Trinajstić information content (AvgIpc) is 3.04. The zero-order valence-corrected chi connectivity index (χ0v) is 12.1. The van der Waals surface area contributed by atoms with E-state index in [1.54, 1.807) is 26.2 Å². The Morgan fingerprint density at radius 2 is 1.68 bits per heavy atom. The van der Waals surface area contributed by atoms with Crippen molar-refractivity contribution >= 4 is 11.6 Å². The SMILES string of the molecule is COc1cc2c(cc1OC)-c1nn3c(C)nnc3nc1C2=O. The van der Waals surface area contributed by atoms with E-state index in [4.69, 9.17) is 9.47 Å². The molecule has 0 fully saturated rings. The molecule has 2 aromatic heterocycles. The van der Waals surface area contributed by atoms with Gasteiger partial charge in [-0.1, -0.05) is 0 Å². The predicted molar refractivity (Wildman–Crippen MR) is 75.3 cm³/mol. The van der Waals surface area contributed by atoms with Crippen LogP contribution < -0.4 is 9.47 Å². The molecule has 8 nitrogen and oxygen atoms in total. The lowest BCUT2D eigenvalue weighted by Gasteiger charge is -2.09. The lowest BCUT2D eigenvalue weighted by atomic mass is 10.1. The Kier molecular flexibility index (Phi) is 2.44. The van der Waals surface area contributed by atoms with Crippen LogP contribution in [0, 0.1) is 6.92 Å². The molecule has 4 rings (SSSR count). The number of nitrogens with zero attached hydrogens (tertiary/aromatic N) is 5. The molecule has 0 radical (unpaired) electrons. The van der Waals surface area contributed by atoms with Gasteiger partial charge in [0.1, 0.15) is 11.4 Å². The first-order valence-electron chi connectivity index (χ1n) is 6.55. The number of fused-ring (bicyclic) bond motifs is 4. The first-order valence-corrected chi connectivity index (χ1v) is 6.55. The summed E-state index contributed by atoms with van der Waals surface area (Å²) in [5.74, 6) is 1.72. The van der Waals surface area contributed by atoms with E-state index >= 15 is 0 Å². The summed E-state index contributed by atoms with van der Waals surface area (Å²) in [6, 6.07) is 3.38. The van der Waals surface area contributed by atoms with Crippen molar-refractivity contribution in [3.05, 3.63) is 29.2 Å². The van der Waals surface area contributed by atoms with Crippen molar-refractivity contribution < 1.29 is 14.3 Å². The molecule has 0 spiro atoms. The maximum atomic E-state index is 12.5. The largest absolute Gasteiger partial charge is 0.493 e. The maximum absolute atomic E-state index is 12.5. The van der Waals surface area contributed by atoms with Crippen LogP contribution in [0.25, 0.3) is 17.0 Å². The number of aromatic nitrogens is 5. The van der Waals surface area contributed by atoms with Crippen molar-refractivity contribution in [2.24, 2.45) is 0 Å². The van der Waals surface area contributed by atoms with Gasteiger partial charge < -0.3 is 9.47 Å².